The highest BCUT2D eigenvalue weighted by atomic mass is 32.2. The topological polar surface area (TPSA) is 72.5 Å². The van der Waals surface area contributed by atoms with Crippen LogP contribution >= 0.6 is 0 Å². The van der Waals surface area contributed by atoms with Crippen molar-refractivity contribution in [2.24, 2.45) is 0 Å². The van der Waals surface area contributed by atoms with Gasteiger partial charge in [-0.3, -0.25) is 4.79 Å². The van der Waals surface area contributed by atoms with Crippen LogP contribution in [0.2, 0.25) is 0 Å². The summed E-state index contributed by atoms with van der Waals surface area (Å²) >= 11 is 0. The molecule has 1 saturated heterocycles. The lowest BCUT2D eigenvalue weighted by Crippen LogP contribution is -2.46. The average molecular weight is 259 g/mol. The Labute approximate surface area is 101 Å². The lowest BCUT2D eigenvalue weighted by molar-refractivity contribution is -0.116. The van der Waals surface area contributed by atoms with Crippen LogP contribution in [0.5, 0.6) is 0 Å². The summed E-state index contributed by atoms with van der Waals surface area (Å²) in [7, 11) is -2.97. The molecule has 0 spiro atoms. The smallest absolute Gasteiger partial charge is 0.163 e. The first kappa shape index (κ1) is 12.6. The quantitative estimate of drug-likeness (QED) is 0.774. The fourth-order valence-corrected chi connectivity index (χ4v) is 3.57. The van der Waals surface area contributed by atoms with E-state index in [-0.39, 0.29) is 29.8 Å². The van der Waals surface area contributed by atoms with Crippen molar-refractivity contribution in [1.82, 2.24) is 5.32 Å². The third kappa shape index (κ3) is 3.54. The van der Waals surface area contributed by atoms with Gasteiger partial charge >= 0.3 is 0 Å². The lowest BCUT2D eigenvalue weighted by Gasteiger charge is -2.23. The number of carbonyl (C=O) groups is 1. The van der Waals surface area contributed by atoms with Crippen molar-refractivity contribution in [1.29, 1.82) is 0 Å². The van der Waals surface area contributed by atoms with E-state index >= 15 is 0 Å². The van der Waals surface area contributed by atoms with E-state index in [4.69, 9.17) is 4.74 Å². The third-order valence-corrected chi connectivity index (χ3v) is 4.76. The molecule has 2 rings (SSSR count). The minimum atomic E-state index is -2.97. The van der Waals surface area contributed by atoms with Gasteiger partial charge in [0, 0.05) is 24.6 Å². The first-order chi connectivity index (χ1) is 8.07. The van der Waals surface area contributed by atoms with E-state index < -0.39 is 9.84 Å². The number of Topliss-reactive ketones (excluding diaryl/α,β-unsaturated/α-hetero) is 1. The maximum atomic E-state index is 11.9. The molecule has 0 aromatic carbocycles. The molecule has 5 nitrogen and oxygen atoms in total. The Bertz CT molecular complexity index is 427. The van der Waals surface area contributed by atoms with Crippen LogP contribution < -0.4 is 5.32 Å². The van der Waals surface area contributed by atoms with Gasteiger partial charge in [0.05, 0.1) is 24.4 Å². The Hall–Kier alpha value is -0.880. The zero-order chi connectivity index (χ0) is 12.3. The highest BCUT2D eigenvalue weighted by Crippen LogP contribution is 2.16. The van der Waals surface area contributed by atoms with E-state index in [0.29, 0.717) is 18.7 Å². The molecule has 1 N–H and O–H groups in total. The molecule has 1 fully saturated rings. The van der Waals surface area contributed by atoms with Crippen molar-refractivity contribution >= 4 is 15.6 Å². The largest absolute Gasteiger partial charge is 0.501 e. The molecule has 1 atom stereocenters. The molecular formula is C11H17NO4S. The van der Waals surface area contributed by atoms with Gasteiger partial charge in [-0.2, -0.15) is 0 Å². The summed E-state index contributed by atoms with van der Waals surface area (Å²) in [4.78, 5) is 11.9. The Kier molecular flexibility index (Phi) is 3.83. The Morgan fingerprint density at radius 1 is 1.53 bits per heavy atom. The van der Waals surface area contributed by atoms with Crippen molar-refractivity contribution in [3.05, 3.63) is 11.8 Å². The summed E-state index contributed by atoms with van der Waals surface area (Å²) in [6.07, 6.45) is 3.35. The highest BCUT2D eigenvalue weighted by molar-refractivity contribution is 7.91. The van der Waals surface area contributed by atoms with Crippen LogP contribution in [-0.2, 0) is 19.4 Å². The first-order valence-corrected chi connectivity index (χ1v) is 7.67. The van der Waals surface area contributed by atoms with Crippen LogP contribution in [0.1, 0.15) is 19.3 Å². The van der Waals surface area contributed by atoms with E-state index in [1.54, 1.807) is 0 Å². The molecule has 0 saturated carbocycles. The maximum Gasteiger partial charge on any atom is 0.163 e. The minimum Gasteiger partial charge on any atom is -0.501 e. The van der Waals surface area contributed by atoms with Crippen LogP contribution in [0, 0.1) is 0 Å². The standard InChI is InChI=1S/C11H17NO4S/c13-11(9-2-1-4-16-7-9)6-10-8-17(14,15)5-3-12-10/h7,10,12H,1-6,8H2. The predicted molar refractivity (Wildman–Crippen MR) is 63.3 cm³/mol. The second-order valence-corrected chi connectivity index (χ2v) is 6.74. The molecular weight excluding hydrogens is 242 g/mol. The van der Waals surface area contributed by atoms with Gasteiger partial charge in [-0.1, -0.05) is 0 Å². The third-order valence-electron chi connectivity index (χ3n) is 3.03. The predicted octanol–water partition coefficient (Wildman–Crippen LogP) is 0.0265. The Morgan fingerprint density at radius 3 is 3.00 bits per heavy atom. The summed E-state index contributed by atoms with van der Waals surface area (Å²) in [5.74, 6) is 0.232. The van der Waals surface area contributed by atoms with E-state index in [9.17, 15) is 13.2 Å². The molecule has 0 aromatic rings. The van der Waals surface area contributed by atoms with Crippen LogP contribution in [0.4, 0.5) is 0 Å². The van der Waals surface area contributed by atoms with Crippen molar-refractivity contribution in [3.8, 4) is 0 Å². The van der Waals surface area contributed by atoms with E-state index in [2.05, 4.69) is 5.32 Å². The fourth-order valence-electron chi connectivity index (χ4n) is 2.12. The number of ketones is 1. The number of sulfone groups is 1. The van der Waals surface area contributed by atoms with Crippen molar-refractivity contribution in [2.45, 2.75) is 25.3 Å². The number of allylic oxidation sites excluding steroid dienone is 1. The maximum absolute atomic E-state index is 11.9. The molecule has 2 aliphatic rings. The summed E-state index contributed by atoms with van der Waals surface area (Å²) in [6.45, 7) is 1.10. The molecule has 2 aliphatic heterocycles. The second-order valence-electron chi connectivity index (χ2n) is 4.51. The van der Waals surface area contributed by atoms with Gasteiger partial charge in [0.1, 0.15) is 0 Å². The van der Waals surface area contributed by atoms with E-state index in [0.717, 1.165) is 12.8 Å². The summed E-state index contributed by atoms with van der Waals surface area (Å²) < 4.78 is 28.0. The van der Waals surface area contributed by atoms with Gasteiger partial charge in [-0.05, 0) is 12.8 Å². The molecule has 96 valence electrons. The second kappa shape index (κ2) is 5.18. The number of rotatable bonds is 3. The number of carbonyl (C=O) groups excluding carboxylic acids is 1. The van der Waals surface area contributed by atoms with E-state index in [1.807, 2.05) is 0 Å². The summed E-state index contributed by atoms with van der Waals surface area (Å²) in [5, 5.41) is 3.08. The first-order valence-electron chi connectivity index (χ1n) is 5.84. The monoisotopic (exact) mass is 259 g/mol. The van der Waals surface area contributed by atoms with Gasteiger partial charge in [0.25, 0.3) is 0 Å². The minimum absolute atomic E-state index is 0.000648. The zero-order valence-electron chi connectivity index (χ0n) is 9.65. The van der Waals surface area contributed by atoms with Crippen molar-refractivity contribution in [2.75, 3.05) is 24.7 Å². The SMILES string of the molecule is O=C(CC1CS(=O)(=O)CCN1)C1=COCCC1. The van der Waals surface area contributed by atoms with Gasteiger partial charge in [0.2, 0.25) is 0 Å². The Morgan fingerprint density at radius 2 is 2.35 bits per heavy atom. The Balaban J connectivity index is 1.92. The molecule has 0 radical (unpaired) electrons. The number of hydrogen-bond donors (Lipinski definition) is 1. The lowest BCUT2D eigenvalue weighted by atomic mass is 10.0. The van der Waals surface area contributed by atoms with Gasteiger partial charge in [-0.25, -0.2) is 8.42 Å². The van der Waals surface area contributed by atoms with E-state index in [1.165, 1.54) is 6.26 Å². The molecule has 0 amide bonds. The number of nitrogens with one attached hydrogen (secondary N) is 1. The highest BCUT2D eigenvalue weighted by Gasteiger charge is 2.27. The van der Waals surface area contributed by atoms with Crippen molar-refractivity contribution < 1.29 is 17.9 Å². The van der Waals surface area contributed by atoms with Gasteiger partial charge in [-0.15, -0.1) is 0 Å². The molecule has 0 bridgehead atoms. The zero-order valence-corrected chi connectivity index (χ0v) is 10.5. The average Bonchev–Trinajstić information content (AvgIpc) is 2.29. The van der Waals surface area contributed by atoms with Gasteiger partial charge < -0.3 is 10.1 Å². The van der Waals surface area contributed by atoms with Crippen LogP contribution in [-0.4, -0.2) is 44.9 Å². The molecule has 17 heavy (non-hydrogen) atoms. The molecule has 1 unspecified atom stereocenters. The molecule has 6 heteroatoms. The number of hydrogen-bond acceptors (Lipinski definition) is 5. The molecule has 0 aromatic heterocycles. The summed E-state index contributed by atoms with van der Waals surface area (Å²) in [5.41, 5.74) is 0.682. The fraction of sp³-hybridized carbons (Fsp3) is 0.727. The van der Waals surface area contributed by atoms with Gasteiger partial charge in [0.15, 0.2) is 15.6 Å². The molecule has 0 aliphatic carbocycles. The normalized spacial score (nSPS) is 28.0. The summed E-state index contributed by atoms with van der Waals surface area (Å²) in [6, 6.07) is -0.246. The number of ether oxygens (including phenoxy) is 1. The molecule has 2 heterocycles. The van der Waals surface area contributed by atoms with Crippen molar-refractivity contribution in [3.63, 3.8) is 0 Å². The van der Waals surface area contributed by atoms with Crippen LogP contribution in [0.15, 0.2) is 11.8 Å². The van der Waals surface area contributed by atoms with Crippen LogP contribution in [0.25, 0.3) is 0 Å². The van der Waals surface area contributed by atoms with Crippen LogP contribution in [0.3, 0.4) is 0 Å².